The van der Waals surface area contributed by atoms with Crippen LogP contribution in [0.4, 0.5) is 20.2 Å². The van der Waals surface area contributed by atoms with E-state index in [9.17, 15) is 18.9 Å². The zero-order chi connectivity index (χ0) is 18.0. The van der Waals surface area contributed by atoms with E-state index in [-0.39, 0.29) is 25.5 Å². The van der Waals surface area contributed by atoms with Crippen LogP contribution in [0.2, 0.25) is 0 Å². The average Bonchev–Trinajstić information content (AvgIpc) is 2.45. The second-order valence-corrected chi connectivity index (χ2v) is 3.85. The van der Waals surface area contributed by atoms with Gasteiger partial charge in [-0.3, -0.25) is 10.1 Å². The summed E-state index contributed by atoms with van der Waals surface area (Å²) in [5.41, 5.74) is 3.98. The van der Waals surface area contributed by atoms with Gasteiger partial charge in [0.15, 0.2) is 5.75 Å². The van der Waals surface area contributed by atoms with Gasteiger partial charge in [-0.25, -0.2) is 4.39 Å². The molecule has 2 aromatic carbocycles. The third-order valence-corrected chi connectivity index (χ3v) is 2.18. The van der Waals surface area contributed by atoms with Crippen molar-refractivity contribution in [3.05, 3.63) is 58.1 Å². The molecular weight excluding hydrogens is 326 g/mol. The Kier molecular flexibility index (Phi) is 11.3. The highest BCUT2D eigenvalue weighted by molar-refractivity contribution is 5.52. The molecule has 0 aliphatic carbocycles. The first kappa shape index (κ1) is 23.3. The summed E-state index contributed by atoms with van der Waals surface area (Å²) >= 11 is 0. The van der Waals surface area contributed by atoms with Crippen LogP contribution in [0.1, 0.15) is 14.4 Å². The molecule has 2 aromatic rings. The topological polar surface area (TPSA) is 130 Å². The Bertz CT molecular complexity index is 613. The van der Waals surface area contributed by atoms with Crippen molar-refractivity contribution in [2.75, 3.05) is 12.3 Å². The zero-order valence-corrected chi connectivity index (χ0v) is 12.1. The number of anilines is 1. The van der Waals surface area contributed by atoms with E-state index in [1.807, 2.05) is 0 Å². The number of aromatic hydroxyl groups is 2. The molecule has 0 fully saturated rings. The van der Waals surface area contributed by atoms with E-state index in [0.717, 1.165) is 12.1 Å². The number of aliphatic hydroxyl groups is 1. The first-order valence-electron chi connectivity index (χ1n) is 6.21. The molecule has 0 aliphatic rings. The molecule has 5 N–H and O–H groups in total. The molecule has 0 radical (unpaired) electrons. The minimum atomic E-state index is -1.03. The molecule has 134 valence electrons. The van der Waals surface area contributed by atoms with Crippen LogP contribution in [-0.2, 0) is 0 Å². The van der Waals surface area contributed by atoms with Crippen molar-refractivity contribution in [3.63, 3.8) is 0 Å². The van der Waals surface area contributed by atoms with E-state index in [2.05, 4.69) is 0 Å². The fourth-order valence-electron chi connectivity index (χ4n) is 1.21. The Morgan fingerprint density at radius 1 is 1.08 bits per heavy atom. The molecule has 0 saturated carbocycles. The molecule has 0 bridgehead atoms. The van der Waals surface area contributed by atoms with Gasteiger partial charge in [-0.05, 0) is 31.2 Å². The third-order valence-electron chi connectivity index (χ3n) is 2.18. The average molecular weight is 346 g/mol. The smallest absolute Gasteiger partial charge is 0.345 e. The highest BCUT2D eigenvalue weighted by Crippen LogP contribution is 2.27. The summed E-state index contributed by atoms with van der Waals surface area (Å²) in [6, 6.07) is 7.07. The molecule has 0 amide bonds. The van der Waals surface area contributed by atoms with E-state index in [1.165, 1.54) is 24.3 Å². The number of para-hydroxylation sites is 2. The minimum Gasteiger partial charge on any atom is -0.506 e. The van der Waals surface area contributed by atoms with Gasteiger partial charge in [0.1, 0.15) is 17.3 Å². The van der Waals surface area contributed by atoms with Gasteiger partial charge < -0.3 is 21.1 Å². The summed E-state index contributed by atoms with van der Waals surface area (Å²) in [5.74, 6) is -2.49. The minimum absolute atomic E-state index is 0. The lowest BCUT2D eigenvalue weighted by Gasteiger charge is -1.96. The molecule has 9 heteroatoms. The van der Waals surface area contributed by atoms with E-state index in [0.29, 0.717) is 0 Å². The van der Waals surface area contributed by atoms with Crippen molar-refractivity contribution >= 4 is 11.4 Å². The molecule has 7 nitrogen and oxygen atoms in total. The number of nitrogens with two attached hydrogens (primary N) is 1. The van der Waals surface area contributed by atoms with Gasteiger partial charge in [-0.2, -0.15) is 4.39 Å². The lowest BCUT2D eigenvalue weighted by atomic mass is 10.3. The Hall–Kier alpha value is -2.94. The predicted molar refractivity (Wildman–Crippen MR) is 86.7 cm³/mol. The van der Waals surface area contributed by atoms with E-state index >= 15 is 0 Å². The Labute approximate surface area is 137 Å². The van der Waals surface area contributed by atoms with Gasteiger partial charge in [0, 0.05) is 6.61 Å². The first-order chi connectivity index (χ1) is 10.8. The summed E-state index contributed by atoms with van der Waals surface area (Å²) in [4.78, 5) is 9.08. The molecule has 0 aromatic heterocycles. The van der Waals surface area contributed by atoms with Crippen molar-refractivity contribution in [1.82, 2.24) is 0 Å². The summed E-state index contributed by atoms with van der Waals surface area (Å²) < 4.78 is 24.8. The van der Waals surface area contributed by atoms with Gasteiger partial charge in [-0.15, -0.1) is 0 Å². The van der Waals surface area contributed by atoms with Crippen LogP contribution in [0.3, 0.4) is 0 Å². The van der Waals surface area contributed by atoms with Gasteiger partial charge in [0.25, 0.3) is 0 Å². The largest absolute Gasteiger partial charge is 0.506 e. The van der Waals surface area contributed by atoms with Crippen LogP contribution in [0.5, 0.6) is 11.5 Å². The maximum Gasteiger partial charge on any atom is 0.345 e. The monoisotopic (exact) mass is 346 g/mol. The number of phenols is 2. The molecule has 0 saturated heterocycles. The Morgan fingerprint density at radius 2 is 1.50 bits per heavy atom. The summed E-state index contributed by atoms with van der Waals surface area (Å²) in [5, 5.41) is 35.1. The van der Waals surface area contributed by atoms with Gasteiger partial charge in [-0.1, -0.05) is 19.6 Å². The summed E-state index contributed by atoms with van der Waals surface area (Å²) in [6.45, 7) is 1.93. The lowest BCUT2D eigenvalue weighted by Crippen LogP contribution is -1.91. The number of halogens is 2. The van der Waals surface area contributed by atoms with E-state index in [4.69, 9.17) is 21.1 Å². The SMILES string of the molecule is C.CCO.Nc1c(O)cccc1F.O=[N+]([O-])c1c(O)cccc1F. The van der Waals surface area contributed by atoms with Crippen LogP contribution < -0.4 is 5.73 Å². The number of nitrogens with zero attached hydrogens (tertiary/aromatic N) is 1. The Morgan fingerprint density at radius 3 is 1.79 bits per heavy atom. The molecule has 0 atom stereocenters. The molecule has 24 heavy (non-hydrogen) atoms. The standard InChI is InChI=1S/C6H4FNO3.C6H6FNO.C2H6O.CH4/c7-4-2-1-3-5(9)6(4)8(10)11;7-4-2-1-3-5(9)6(4)8;1-2-3;/h1-3,9H;1-3,9H,8H2;3H,2H2,1H3;1H4. The predicted octanol–water partition coefficient (Wildman–Crippen LogP) is 3.19. The van der Waals surface area contributed by atoms with Crippen LogP contribution in [-0.4, -0.2) is 26.8 Å². The second-order valence-electron chi connectivity index (χ2n) is 3.85. The van der Waals surface area contributed by atoms with Crippen LogP contribution >= 0.6 is 0 Å². The number of aliphatic hydroxyl groups excluding tert-OH is 1. The van der Waals surface area contributed by atoms with Gasteiger partial charge in [0.05, 0.1) is 4.92 Å². The quantitative estimate of drug-likeness (QED) is 0.271. The second kappa shape index (κ2) is 11.6. The maximum absolute atomic E-state index is 12.5. The Balaban J connectivity index is 0. The van der Waals surface area contributed by atoms with Crippen LogP contribution in [0, 0.1) is 21.7 Å². The van der Waals surface area contributed by atoms with E-state index in [1.54, 1.807) is 6.92 Å². The molecule has 0 unspecified atom stereocenters. The van der Waals surface area contributed by atoms with Crippen molar-refractivity contribution < 1.29 is 29.0 Å². The highest BCUT2D eigenvalue weighted by atomic mass is 19.1. The van der Waals surface area contributed by atoms with Gasteiger partial charge in [0.2, 0.25) is 5.82 Å². The number of nitro benzene ring substituents is 1. The van der Waals surface area contributed by atoms with Gasteiger partial charge >= 0.3 is 5.69 Å². The fraction of sp³-hybridized carbons (Fsp3) is 0.200. The molecule has 0 heterocycles. The number of phenolic OH excluding ortho intramolecular Hbond substituents is 2. The van der Waals surface area contributed by atoms with Crippen molar-refractivity contribution in [2.24, 2.45) is 0 Å². The number of rotatable bonds is 1. The van der Waals surface area contributed by atoms with Crippen LogP contribution in [0.25, 0.3) is 0 Å². The first-order valence-corrected chi connectivity index (χ1v) is 6.21. The van der Waals surface area contributed by atoms with Crippen molar-refractivity contribution in [1.29, 1.82) is 0 Å². The van der Waals surface area contributed by atoms with Crippen LogP contribution in [0.15, 0.2) is 36.4 Å². The number of nitro groups is 1. The fourth-order valence-corrected chi connectivity index (χ4v) is 1.21. The third kappa shape index (κ3) is 7.36. The zero-order valence-electron chi connectivity index (χ0n) is 12.1. The lowest BCUT2D eigenvalue weighted by molar-refractivity contribution is -0.388. The maximum atomic E-state index is 12.5. The summed E-state index contributed by atoms with van der Waals surface area (Å²) in [6.07, 6.45) is 0. The highest BCUT2D eigenvalue weighted by Gasteiger charge is 2.18. The number of hydrogen-bond donors (Lipinski definition) is 4. The van der Waals surface area contributed by atoms with E-state index < -0.39 is 28.0 Å². The molecular formula is C15H20F2N2O5. The van der Waals surface area contributed by atoms with Crippen molar-refractivity contribution in [3.8, 4) is 11.5 Å². The normalized spacial score (nSPS) is 8.67. The number of nitrogen functional groups attached to an aromatic ring is 1. The molecule has 0 aliphatic heterocycles. The molecule has 0 spiro atoms. The van der Waals surface area contributed by atoms with Crippen molar-refractivity contribution in [2.45, 2.75) is 14.4 Å². The number of hydrogen-bond acceptors (Lipinski definition) is 6. The number of benzene rings is 2. The molecule has 2 rings (SSSR count). The summed E-state index contributed by atoms with van der Waals surface area (Å²) in [7, 11) is 0.